The lowest BCUT2D eigenvalue weighted by atomic mass is 9.96. The zero-order valence-corrected chi connectivity index (χ0v) is 17.3. The Morgan fingerprint density at radius 1 is 1.35 bits per heavy atom. The number of hydrogen-bond acceptors (Lipinski definition) is 3. The largest absolute Gasteiger partial charge is 0.486 e. The van der Waals surface area contributed by atoms with Gasteiger partial charge in [-0.1, -0.05) is 6.58 Å². The zero-order valence-electron chi connectivity index (χ0n) is 10.8. The van der Waals surface area contributed by atoms with Crippen LogP contribution in [0.15, 0.2) is 22.3 Å². The van der Waals surface area contributed by atoms with Crippen molar-refractivity contribution in [2.45, 2.75) is 18.3 Å². The Hall–Kier alpha value is 0.420. The summed E-state index contributed by atoms with van der Waals surface area (Å²) in [6, 6.07) is 4.05. The second-order valence-corrected chi connectivity index (χ2v) is 8.50. The highest BCUT2D eigenvalue weighted by molar-refractivity contribution is 14.1. The van der Waals surface area contributed by atoms with Gasteiger partial charge in [0.25, 0.3) is 0 Å². The van der Waals surface area contributed by atoms with Gasteiger partial charge in [0.2, 0.25) is 0 Å². The van der Waals surface area contributed by atoms with Gasteiger partial charge in [-0.2, -0.15) is 0 Å². The fraction of sp³-hybridized carbons (Fsp3) is 0.357. The molecule has 1 aromatic rings. The molecule has 1 aliphatic rings. The van der Waals surface area contributed by atoms with E-state index in [1.54, 1.807) is 0 Å². The van der Waals surface area contributed by atoms with E-state index in [0.717, 1.165) is 34.9 Å². The van der Waals surface area contributed by atoms with Gasteiger partial charge in [-0.15, -0.1) is 0 Å². The predicted octanol–water partition coefficient (Wildman–Crippen LogP) is 4.43. The summed E-state index contributed by atoms with van der Waals surface area (Å²) in [6.07, 6.45) is 1.72. The lowest BCUT2D eigenvalue weighted by Gasteiger charge is -2.17. The van der Waals surface area contributed by atoms with Gasteiger partial charge in [-0.25, -0.2) is 0 Å². The molecule has 0 heterocycles. The zero-order chi connectivity index (χ0) is 14.9. The number of halogens is 3. The van der Waals surface area contributed by atoms with Crippen molar-refractivity contribution in [2.75, 3.05) is 13.7 Å². The first-order valence-electron chi connectivity index (χ1n) is 5.95. The SMILES string of the molecule is C=C(I)COc1c(I)cc(C2(C(=O)OC)CC2)cc1I. The molecule has 20 heavy (non-hydrogen) atoms. The van der Waals surface area contributed by atoms with Gasteiger partial charge in [-0.3, -0.25) is 4.79 Å². The van der Waals surface area contributed by atoms with Crippen molar-refractivity contribution in [2.24, 2.45) is 0 Å². The Morgan fingerprint density at radius 2 is 1.90 bits per heavy atom. The molecular formula is C14H13I3O3. The summed E-state index contributed by atoms with van der Waals surface area (Å²) in [5.41, 5.74) is 0.596. The van der Waals surface area contributed by atoms with E-state index in [0.29, 0.717) is 6.61 Å². The third-order valence-corrected chi connectivity index (χ3v) is 5.16. The molecule has 6 heteroatoms. The molecule has 1 fully saturated rings. The number of hydrogen-bond donors (Lipinski definition) is 0. The van der Waals surface area contributed by atoms with Gasteiger partial charge < -0.3 is 9.47 Å². The predicted molar refractivity (Wildman–Crippen MR) is 103 cm³/mol. The topological polar surface area (TPSA) is 35.5 Å². The summed E-state index contributed by atoms with van der Waals surface area (Å²) >= 11 is 6.65. The van der Waals surface area contributed by atoms with Crippen LogP contribution in [0.4, 0.5) is 0 Å². The van der Waals surface area contributed by atoms with Crippen LogP contribution in [0.1, 0.15) is 18.4 Å². The smallest absolute Gasteiger partial charge is 0.316 e. The van der Waals surface area contributed by atoms with Gasteiger partial charge in [-0.05, 0) is 98.3 Å². The number of methoxy groups -OCH3 is 1. The van der Waals surface area contributed by atoms with Crippen LogP contribution in [0.3, 0.4) is 0 Å². The Kier molecular flexibility index (Phi) is 5.60. The lowest BCUT2D eigenvalue weighted by molar-refractivity contribution is -0.143. The molecule has 0 saturated heterocycles. The first-order valence-corrected chi connectivity index (χ1v) is 9.18. The van der Waals surface area contributed by atoms with Crippen molar-refractivity contribution in [3.05, 3.63) is 35.0 Å². The molecule has 0 unspecified atom stereocenters. The minimum Gasteiger partial charge on any atom is -0.486 e. The van der Waals surface area contributed by atoms with E-state index in [2.05, 4.69) is 74.4 Å². The van der Waals surface area contributed by atoms with Gasteiger partial charge in [0.15, 0.2) is 0 Å². The maximum Gasteiger partial charge on any atom is 0.316 e. The van der Waals surface area contributed by atoms with E-state index in [1.165, 1.54) is 7.11 Å². The van der Waals surface area contributed by atoms with Crippen LogP contribution in [0.5, 0.6) is 5.75 Å². The number of carbonyl (C=O) groups excluding carboxylic acids is 1. The molecule has 0 aromatic heterocycles. The summed E-state index contributed by atoms with van der Waals surface area (Å²) in [4.78, 5) is 11.9. The van der Waals surface area contributed by atoms with Gasteiger partial charge in [0.1, 0.15) is 12.4 Å². The third-order valence-electron chi connectivity index (χ3n) is 3.25. The lowest BCUT2D eigenvalue weighted by Crippen LogP contribution is -2.22. The average Bonchev–Trinajstić information content (AvgIpc) is 3.17. The standard InChI is InChI=1S/C14H13I3O3/c1-8(15)7-20-12-10(16)5-9(6-11(12)17)14(3-4-14)13(18)19-2/h5-6H,1,3-4,7H2,2H3. The molecule has 3 nitrogen and oxygen atoms in total. The fourth-order valence-corrected chi connectivity index (χ4v) is 4.29. The molecule has 0 bridgehead atoms. The van der Waals surface area contributed by atoms with Gasteiger partial charge in [0.05, 0.1) is 19.7 Å². The van der Waals surface area contributed by atoms with E-state index in [4.69, 9.17) is 9.47 Å². The van der Waals surface area contributed by atoms with E-state index in [9.17, 15) is 4.79 Å². The second kappa shape index (κ2) is 6.67. The number of carbonyl (C=O) groups is 1. The van der Waals surface area contributed by atoms with Crippen molar-refractivity contribution >= 4 is 73.7 Å². The molecule has 1 saturated carbocycles. The highest BCUT2D eigenvalue weighted by Crippen LogP contribution is 2.50. The minimum atomic E-state index is -0.431. The minimum absolute atomic E-state index is 0.140. The fourth-order valence-electron chi connectivity index (χ4n) is 2.06. The highest BCUT2D eigenvalue weighted by Gasteiger charge is 2.52. The Morgan fingerprint density at radius 3 is 2.30 bits per heavy atom. The monoisotopic (exact) mass is 610 g/mol. The van der Waals surface area contributed by atoms with Crippen LogP contribution in [0.2, 0.25) is 0 Å². The van der Waals surface area contributed by atoms with E-state index in [1.807, 2.05) is 12.1 Å². The molecule has 0 aliphatic heterocycles. The summed E-state index contributed by atoms with van der Waals surface area (Å²) in [5, 5.41) is 0. The maximum absolute atomic E-state index is 11.9. The van der Waals surface area contributed by atoms with Crippen molar-refractivity contribution in [3.63, 3.8) is 0 Å². The van der Waals surface area contributed by atoms with Crippen LogP contribution < -0.4 is 4.74 Å². The van der Waals surface area contributed by atoms with Crippen LogP contribution in [-0.2, 0) is 14.9 Å². The summed E-state index contributed by atoms with van der Waals surface area (Å²) in [6.45, 7) is 4.32. The highest BCUT2D eigenvalue weighted by atomic mass is 127. The number of ether oxygens (including phenoxy) is 2. The van der Waals surface area contributed by atoms with Crippen LogP contribution in [-0.4, -0.2) is 19.7 Å². The average molecular weight is 610 g/mol. The van der Waals surface area contributed by atoms with E-state index < -0.39 is 5.41 Å². The van der Waals surface area contributed by atoms with Gasteiger partial charge in [0, 0.05) is 3.58 Å². The molecular weight excluding hydrogens is 597 g/mol. The van der Waals surface area contributed by atoms with Crippen LogP contribution in [0, 0.1) is 7.14 Å². The Labute approximate surface area is 159 Å². The Bertz CT molecular complexity index is 542. The number of rotatable bonds is 5. The summed E-state index contributed by atoms with van der Waals surface area (Å²) < 4.78 is 13.7. The van der Waals surface area contributed by atoms with Crippen molar-refractivity contribution in [1.29, 1.82) is 0 Å². The third kappa shape index (κ3) is 3.42. The Balaban J connectivity index is 2.31. The van der Waals surface area contributed by atoms with Crippen molar-refractivity contribution < 1.29 is 14.3 Å². The second-order valence-electron chi connectivity index (χ2n) is 4.65. The number of esters is 1. The first kappa shape index (κ1) is 16.8. The molecule has 0 radical (unpaired) electrons. The molecule has 108 valence electrons. The maximum atomic E-state index is 11.9. The molecule has 0 spiro atoms. The first-order chi connectivity index (χ1) is 9.40. The number of benzene rings is 1. The van der Waals surface area contributed by atoms with Crippen molar-refractivity contribution in [1.82, 2.24) is 0 Å². The molecule has 1 aliphatic carbocycles. The molecule has 0 atom stereocenters. The van der Waals surface area contributed by atoms with E-state index >= 15 is 0 Å². The van der Waals surface area contributed by atoms with E-state index in [-0.39, 0.29) is 5.97 Å². The molecule has 2 rings (SSSR count). The molecule has 1 aromatic carbocycles. The van der Waals surface area contributed by atoms with Crippen LogP contribution >= 0.6 is 67.8 Å². The van der Waals surface area contributed by atoms with Crippen LogP contribution in [0.25, 0.3) is 0 Å². The normalized spacial score (nSPS) is 15.6. The summed E-state index contributed by atoms with van der Waals surface area (Å²) in [5.74, 6) is 0.715. The van der Waals surface area contributed by atoms with Gasteiger partial charge >= 0.3 is 5.97 Å². The van der Waals surface area contributed by atoms with Crippen molar-refractivity contribution in [3.8, 4) is 5.75 Å². The summed E-state index contributed by atoms with van der Waals surface area (Å²) in [7, 11) is 1.45. The molecule has 0 N–H and O–H groups in total. The quantitative estimate of drug-likeness (QED) is 0.366. The molecule has 0 amide bonds.